The maximum Gasteiger partial charge on any atom is 0.160 e. The average molecular weight is 736 g/mol. The Morgan fingerprint density at radius 1 is 0.429 bits per heavy atom. The molecule has 0 N–H and O–H groups in total. The van der Waals surface area contributed by atoms with Crippen LogP contribution in [0.25, 0.3) is 100 Å². The molecule has 264 valence electrons. The molecule has 7 aromatic carbocycles. The molecule has 0 radical (unpaired) electrons. The van der Waals surface area contributed by atoms with Crippen LogP contribution in [0.3, 0.4) is 0 Å². The van der Waals surface area contributed by atoms with Gasteiger partial charge in [0.1, 0.15) is 11.0 Å². The summed E-state index contributed by atoms with van der Waals surface area (Å²) in [5.41, 5.74) is 17.0. The van der Waals surface area contributed by atoms with Gasteiger partial charge in [-0.05, 0) is 63.7 Å². The smallest absolute Gasteiger partial charge is 0.160 e. The summed E-state index contributed by atoms with van der Waals surface area (Å²) in [7, 11) is 0. The SMILES string of the molecule is CC1(C)c2ccccc2-c2ccc(-c3ccc(-c4cc(-c5ccc6c(c5)nc(-c5ccccc5)c5ccc7nsnc7c56)nc(-c5ccccc5)n4)cc3)cc21. The Morgan fingerprint density at radius 3 is 1.88 bits per heavy atom. The molecule has 0 bridgehead atoms. The van der Waals surface area contributed by atoms with Crippen molar-refractivity contribution >= 4 is 44.4 Å². The molecule has 1 aliphatic carbocycles. The van der Waals surface area contributed by atoms with Crippen LogP contribution in [0.5, 0.6) is 0 Å². The third kappa shape index (κ3) is 5.18. The van der Waals surface area contributed by atoms with Gasteiger partial charge in [0.25, 0.3) is 0 Å². The summed E-state index contributed by atoms with van der Waals surface area (Å²) in [5, 5.41) is 3.16. The number of aromatic nitrogens is 5. The first-order valence-corrected chi connectivity index (χ1v) is 19.6. The second-order valence-corrected chi connectivity index (χ2v) is 15.5. The fourth-order valence-electron chi connectivity index (χ4n) is 8.49. The molecule has 5 nitrogen and oxygen atoms in total. The first-order chi connectivity index (χ1) is 27.5. The first kappa shape index (κ1) is 32.5. The molecule has 3 aromatic heterocycles. The first-order valence-electron chi connectivity index (χ1n) is 18.8. The highest BCUT2D eigenvalue weighted by Gasteiger charge is 2.35. The van der Waals surface area contributed by atoms with Crippen LogP contribution in [0.4, 0.5) is 0 Å². The number of fused-ring (bicyclic) bond motifs is 8. The monoisotopic (exact) mass is 735 g/mol. The van der Waals surface area contributed by atoms with Gasteiger partial charge < -0.3 is 0 Å². The Labute approximate surface area is 328 Å². The third-order valence-corrected chi connectivity index (χ3v) is 11.9. The van der Waals surface area contributed by atoms with Gasteiger partial charge in [0.05, 0.1) is 34.3 Å². The maximum absolute atomic E-state index is 5.30. The third-order valence-electron chi connectivity index (χ3n) is 11.4. The zero-order valence-corrected chi connectivity index (χ0v) is 31.5. The molecular weight excluding hydrogens is 703 g/mol. The molecule has 11 rings (SSSR count). The summed E-state index contributed by atoms with van der Waals surface area (Å²) in [6, 6.07) is 57.7. The second kappa shape index (κ2) is 12.6. The number of hydrogen-bond donors (Lipinski definition) is 0. The van der Waals surface area contributed by atoms with E-state index in [1.54, 1.807) is 0 Å². The van der Waals surface area contributed by atoms with Crippen LogP contribution in [-0.4, -0.2) is 23.7 Å². The van der Waals surface area contributed by atoms with Crippen LogP contribution in [0.1, 0.15) is 25.0 Å². The van der Waals surface area contributed by atoms with Gasteiger partial charge in [-0.3, -0.25) is 0 Å². The summed E-state index contributed by atoms with van der Waals surface area (Å²) in [6.07, 6.45) is 0. The molecule has 0 fully saturated rings. The van der Waals surface area contributed by atoms with Crippen molar-refractivity contribution in [3.8, 4) is 67.4 Å². The lowest BCUT2D eigenvalue weighted by Gasteiger charge is -2.22. The van der Waals surface area contributed by atoms with E-state index in [0.717, 1.165) is 72.0 Å². The Morgan fingerprint density at radius 2 is 1.07 bits per heavy atom. The number of nitrogens with zero attached hydrogens (tertiary/aromatic N) is 5. The molecule has 6 heteroatoms. The summed E-state index contributed by atoms with van der Waals surface area (Å²) < 4.78 is 9.30. The van der Waals surface area contributed by atoms with Crippen molar-refractivity contribution in [2.75, 3.05) is 0 Å². The number of rotatable bonds is 5. The predicted molar refractivity (Wildman–Crippen MR) is 231 cm³/mol. The minimum atomic E-state index is -0.0498. The normalized spacial score (nSPS) is 13.0. The van der Waals surface area contributed by atoms with Crippen LogP contribution in [0, 0.1) is 0 Å². The highest BCUT2D eigenvalue weighted by molar-refractivity contribution is 7.00. The van der Waals surface area contributed by atoms with Crippen molar-refractivity contribution in [2.45, 2.75) is 19.3 Å². The van der Waals surface area contributed by atoms with Crippen molar-refractivity contribution in [3.05, 3.63) is 175 Å². The minimum absolute atomic E-state index is 0.0498. The van der Waals surface area contributed by atoms with Crippen LogP contribution >= 0.6 is 11.7 Å². The van der Waals surface area contributed by atoms with Gasteiger partial charge in [0.15, 0.2) is 5.82 Å². The van der Waals surface area contributed by atoms with Gasteiger partial charge in [0.2, 0.25) is 0 Å². The van der Waals surface area contributed by atoms with Gasteiger partial charge in [-0.1, -0.05) is 147 Å². The predicted octanol–water partition coefficient (Wildman–Crippen LogP) is 12.8. The zero-order chi connectivity index (χ0) is 37.4. The largest absolute Gasteiger partial charge is 0.247 e. The molecule has 56 heavy (non-hydrogen) atoms. The molecule has 0 spiro atoms. The maximum atomic E-state index is 5.30. The van der Waals surface area contributed by atoms with Crippen LogP contribution < -0.4 is 0 Å². The van der Waals surface area contributed by atoms with E-state index in [9.17, 15) is 0 Å². The summed E-state index contributed by atoms with van der Waals surface area (Å²) in [5.74, 6) is 0.675. The Kier molecular flexibility index (Phi) is 7.31. The lowest BCUT2D eigenvalue weighted by atomic mass is 9.81. The lowest BCUT2D eigenvalue weighted by Crippen LogP contribution is -2.14. The van der Waals surface area contributed by atoms with E-state index in [0.29, 0.717) is 5.82 Å². The van der Waals surface area contributed by atoms with Gasteiger partial charge in [-0.15, -0.1) is 0 Å². The standard InChI is InChI=1S/C50H33N5S/c1-50(2)40-16-10-9-15-36(40)37-23-21-34(27-41(37)50)30-17-19-31(20-18-30)43-29-44(53-49(52-43)33-13-7-4-8-14-33)35-22-24-38-45(28-35)51-47(32-11-5-3-6-12-32)39-25-26-42-48(46(38)39)55-56-54-42/h3-29H,1-2H3. The molecule has 0 atom stereocenters. The van der Waals surface area contributed by atoms with E-state index in [1.165, 1.54) is 45.1 Å². The van der Waals surface area contributed by atoms with Gasteiger partial charge in [-0.25, -0.2) is 15.0 Å². The van der Waals surface area contributed by atoms with E-state index in [2.05, 4.69) is 152 Å². The Hall–Kier alpha value is -6.89. The van der Waals surface area contributed by atoms with Gasteiger partial charge in [-0.2, -0.15) is 8.75 Å². The summed E-state index contributed by atoms with van der Waals surface area (Å²) in [4.78, 5) is 15.6. The Bertz CT molecular complexity index is 3150. The fourth-order valence-corrected chi connectivity index (χ4v) is 9.03. The van der Waals surface area contributed by atoms with E-state index < -0.39 is 0 Å². The number of hydrogen-bond acceptors (Lipinski definition) is 6. The topological polar surface area (TPSA) is 64.5 Å². The lowest BCUT2D eigenvalue weighted by molar-refractivity contribution is 0.660. The van der Waals surface area contributed by atoms with E-state index in [1.807, 2.05) is 30.3 Å². The van der Waals surface area contributed by atoms with Crippen molar-refractivity contribution < 1.29 is 0 Å². The molecule has 3 heterocycles. The molecule has 0 saturated carbocycles. The molecule has 0 saturated heterocycles. The average Bonchev–Trinajstić information content (AvgIpc) is 3.84. The van der Waals surface area contributed by atoms with Crippen molar-refractivity contribution in [2.24, 2.45) is 0 Å². The molecule has 0 aliphatic heterocycles. The fraction of sp³-hybridized carbons (Fsp3) is 0.0600. The zero-order valence-electron chi connectivity index (χ0n) is 30.7. The summed E-state index contributed by atoms with van der Waals surface area (Å²) >= 11 is 1.24. The minimum Gasteiger partial charge on any atom is -0.247 e. The highest BCUT2D eigenvalue weighted by Crippen LogP contribution is 2.49. The van der Waals surface area contributed by atoms with Crippen LogP contribution in [0.15, 0.2) is 164 Å². The molecule has 10 aromatic rings. The van der Waals surface area contributed by atoms with E-state index >= 15 is 0 Å². The van der Waals surface area contributed by atoms with Crippen LogP contribution in [-0.2, 0) is 5.41 Å². The molecule has 0 amide bonds. The van der Waals surface area contributed by atoms with E-state index in [-0.39, 0.29) is 5.41 Å². The molecule has 0 unspecified atom stereocenters. The number of benzene rings is 7. The van der Waals surface area contributed by atoms with Crippen molar-refractivity contribution in [3.63, 3.8) is 0 Å². The van der Waals surface area contributed by atoms with Crippen LogP contribution in [0.2, 0.25) is 0 Å². The number of pyridine rings is 1. The molecular formula is C50H33N5S. The van der Waals surface area contributed by atoms with Gasteiger partial charge >= 0.3 is 0 Å². The molecule has 1 aliphatic rings. The highest BCUT2D eigenvalue weighted by atomic mass is 32.1. The second-order valence-electron chi connectivity index (χ2n) is 15.0. The Balaban J connectivity index is 1.03. The van der Waals surface area contributed by atoms with Gasteiger partial charge in [0, 0.05) is 43.8 Å². The van der Waals surface area contributed by atoms with Crippen molar-refractivity contribution in [1.82, 2.24) is 23.7 Å². The quantitative estimate of drug-likeness (QED) is 0.165. The summed E-state index contributed by atoms with van der Waals surface area (Å²) in [6.45, 7) is 4.66. The van der Waals surface area contributed by atoms with Crippen molar-refractivity contribution in [1.29, 1.82) is 0 Å². The van der Waals surface area contributed by atoms with E-state index in [4.69, 9.17) is 19.3 Å².